The van der Waals surface area contributed by atoms with Gasteiger partial charge in [-0.25, -0.2) is 0 Å². The van der Waals surface area contributed by atoms with Gasteiger partial charge in [0, 0.05) is 27.9 Å². The van der Waals surface area contributed by atoms with E-state index >= 15 is 0 Å². The Kier molecular flexibility index (Phi) is 8.01. The van der Waals surface area contributed by atoms with Gasteiger partial charge >= 0.3 is 5.97 Å². The summed E-state index contributed by atoms with van der Waals surface area (Å²) >= 11 is 6.42. The molecule has 4 nitrogen and oxygen atoms in total. The number of ether oxygens (including phenoxy) is 1. The number of nitrogens with zero attached hydrogens (tertiary/aromatic N) is 1. The van der Waals surface area contributed by atoms with Gasteiger partial charge in [0.1, 0.15) is 4.21 Å². The Morgan fingerprint density at radius 3 is 2.53 bits per heavy atom. The van der Waals surface area contributed by atoms with E-state index in [-0.39, 0.29) is 18.2 Å². The van der Waals surface area contributed by atoms with Crippen LogP contribution >= 0.6 is 39.0 Å². The second-order valence-corrected chi connectivity index (χ2v) is 9.47. The number of ketones is 1. The number of hydrogen-bond acceptors (Lipinski definition) is 5. The molecule has 1 aromatic carbocycles. The topological polar surface area (TPSA) is 47.3 Å². The maximum Gasteiger partial charge on any atom is 0.310 e. The normalized spacial score (nSPS) is 10.6. The van der Waals surface area contributed by atoms with Gasteiger partial charge < -0.3 is 4.74 Å². The maximum atomic E-state index is 13.4. The molecule has 0 saturated heterocycles. The average molecular weight is 503 g/mol. The lowest BCUT2D eigenvalue weighted by atomic mass is 10.0. The van der Waals surface area contributed by atoms with E-state index in [1.54, 1.807) is 30.8 Å². The van der Waals surface area contributed by atoms with Crippen molar-refractivity contribution in [3.05, 3.63) is 88.0 Å². The van der Waals surface area contributed by atoms with Crippen LogP contribution in [0.5, 0.6) is 0 Å². The van der Waals surface area contributed by atoms with Crippen molar-refractivity contribution >= 4 is 50.8 Å². The van der Waals surface area contributed by atoms with Crippen LogP contribution in [0, 0.1) is 0 Å². The first kappa shape index (κ1) is 22.5. The van der Waals surface area contributed by atoms with Crippen molar-refractivity contribution in [2.45, 2.75) is 17.6 Å². The molecule has 154 valence electrons. The summed E-state index contributed by atoms with van der Waals surface area (Å²) in [4.78, 5) is 26.4. The molecule has 0 spiro atoms. The number of thioether (sulfide) groups is 1. The van der Waals surface area contributed by atoms with Crippen molar-refractivity contribution in [3.8, 4) is 5.69 Å². The number of rotatable bonds is 9. The summed E-state index contributed by atoms with van der Waals surface area (Å²) in [5.41, 5.74) is 2.12. The largest absolute Gasteiger partial charge is 0.466 e. The van der Waals surface area contributed by atoms with Crippen LogP contribution in [0.1, 0.15) is 27.7 Å². The number of carbonyl (C=O) groups is 2. The molecular weight excluding hydrogens is 482 g/mol. The molecule has 0 atom stereocenters. The number of thiophene rings is 1. The molecular formula is C23H21BrNO3S2+. The molecule has 30 heavy (non-hydrogen) atoms. The van der Waals surface area contributed by atoms with Crippen LogP contribution in [0.3, 0.4) is 0 Å². The summed E-state index contributed by atoms with van der Waals surface area (Å²) in [5.74, 6) is 0.249. The molecule has 0 amide bonds. The molecule has 0 N–H and O–H groups in total. The van der Waals surface area contributed by atoms with E-state index in [9.17, 15) is 9.59 Å². The van der Waals surface area contributed by atoms with E-state index in [0.29, 0.717) is 28.4 Å². The Morgan fingerprint density at radius 1 is 1.20 bits per heavy atom. The van der Waals surface area contributed by atoms with Crippen molar-refractivity contribution in [1.82, 2.24) is 0 Å². The lowest BCUT2D eigenvalue weighted by Crippen LogP contribution is -2.31. The third-order valence-corrected chi connectivity index (χ3v) is 7.20. The van der Waals surface area contributed by atoms with Crippen LogP contribution in [0.4, 0.5) is 0 Å². The first-order valence-corrected chi connectivity index (χ1v) is 12.0. The molecule has 3 rings (SSSR count). The van der Waals surface area contributed by atoms with Gasteiger partial charge in [-0.15, -0.1) is 29.7 Å². The molecule has 0 bridgehead atoms. The zero-order valence-electron chi connectivity index (χ0n) is 16.5. The van der Waals surface area contributed by atoms with Gasteiger partial charge in [-0.2, -0.15) is 4.57 Å². The zero-order valence-corrected chi connectivity index (χ0v) is 19.7. The molecule has 0 aliphatic rings. The van der Waals surface area contributed by atoms with Crippen LogP contribution in [0.15, 0.2) is 76.2 Å². The van der Waals surface area contributed by atoms with Gasteiger partial charge in [-0.1, -0.05) is 28.1 Å². The second kappa shape index (κ2) is 10.7. The molecule has 0 unspecified atom stereocenters. The number of aromatic nitrogens is 1. The fourth-order valence-electron chi connectivity index (χ4n) is 2.91. The third kappa shape index (κ3) is 5.28. The van der Waals surface area contributed by atoms with Crippen LogP contribution in [0.2, 0.25) is 0 Å². The van der Waals surface area contributed by atoms with Gasteiger partial charge in [0.2, 0.25) is 11.5 Å². The van der Waals surface area contributed by atoms with Crippen LogP contribution in [-0.2, 0) is 16.0 Å². The van der Waals surface area contributed by atoms with E-state index in [2.05, 4.69) is 22.5 Å². The predicted molar refractivity (Wildman–Crippen MR) is 125 cm³/mol. The lowest BCUT2D eigenvalue weighted by Gasteiger charge is -2.05. The molecule has 0 aliphatic heterocycles. The van der Waals surface area contributed by atoms with Gasteiger partial charge in [0.25, 0.3) is 0 Å². The van der Waals surface area contributed by atoms with Gasteiger partial charge in [-0.3, -0.25) is 9.59 Å². The molecule has 7 heteroatoms. The van der Waals surface area contributed by atoms with Crippen molar-refractivity contribution < 1.29 is 18.9 Å². The number of esters is 1. The fraction of sp³-hybridized carbons (Fsp3) is 0.174. The highest BCUT2D eigenvalue weighted by Crippen LogP contribution is 2.38. The number of carbonyl (C=O) groups excluding carboxylic acids is 2. The minimum atomic E-state index is -0.349. The maximum absolute atomic E-state index is 13.4. The van der Waals surface area contributed by atoms with Crippen molar-refractivity contribution in [3.63, 3.8) is 0 Å². The van der Waals surface area contributed by atoms with Crippen molar-refractivity contribution in [2.75, 3.05) is 12.4 Å². The van der Waals surface area contributed by atoms with Crippen molar-refractivity contribution in [1.29, 1.82) is 0 Å². The molecule has 0 fully saturated rings. The van der Waals surface area contributed by atoms with Gasteiger partial charge in [-0.05, 0) is 31.2 Å². The quantitative estimate of drug-likeness (QED) is 0.129. The lowest BCUT2D eigenvalue weighted by molar-refractivity contribution is -0.598. The number of benzene rings is 1. The smallest absolute Gasteiger partial charge is 0.310 e. The molecule has 2 heterocycles. The van der Waals surface area contributed by atoms with E-state index in [0.717, 1.165) is 14.4 Å². The van der Waals surface area contributed by atoms with E-state index in [1.807, 2.05) is 53.4 Å². The summed E-state index contributed by atoms with van der Waals surface area (Å²) in [7, 11) is 0. The Balaban J connectivity index is 2.17. The summed E-state index contributed by atoms with van der Waals surface area (Å²) in [6.07, 6.45) is 5.70. The Labute approximate surface area is 192 Å². The highest BCUT2D eigenvalue weighted by Gasteiger charge is 2.31. The Morgan fingerprint density at radius 2 is 1.90 bits per heavy atom. The summed E-state index contributed by atoms with van der Waals surface area (Å²) in [6, 6.07) is 13.0. The third-order valence-electron chi connectivity index (χ3n) is 4.19. The van der Waals surface area contributed by atoms with Crippen LogP contribution < -0.4 is 4.57 Å². The first-order chi connectivity index (χ1) is 14.5. The standard InChI is InChI=1S/C23H21BrNO3S2/c1-3-14-29-23-20(25-12-6-5-7-13-25)18(15-19(26)28-4-2)22(30-23)21(27)16-8-10-17(24)11-9-16/h3,5-13H,1,4,14-15H2,2H3/q+1. The van der Waals surface area contributed by atoms with E-state index < -0.39 is 0 Å². The summed E-state index contributed by atoms with van der Waals surface area (Å²) in [5, 5.41) is 0. The van der Waals surface area contributed by atoms with E-state index in [4.69, 9.17) is 4.74 Å². The second-order valence-electron chi connectivity index (χ2n) is 6.25. The molecule has 2 aromatic heterocycles. The molecule has 0 saturated carbocycles. The minimum Gasteiger partial charge on any atom is -0.466 e. The monoisotopic (exact) mass is 502 g/mol. The highest BCUT2D eigenvalue weighted by molar-refractivity contribution is 9.10. The molecule has 3 aromatic rings. The first-order valence-electron chi connectivity index (χ1n) is 9.37. The van der Waals surface area contributed by atoms with E-state index in [1.165, 1.54) is 11.3 Å². The zero-order chi connectivity index (χ0) is 21.5. The SMILES string of the molecule is C=CCSc1sc(C(=O)c2ccc(Br)cc2)c(CC(=O)OCC)c1-[n+]1ccccc1. The number of halogens is 1. The van der Waals surface area contributed by atoms with Crippen LogP contribution in [-0.4, -0.2) is 24.1 Å². The Hall–Kier alpha value is -2.22. The fourth-order valence-corrected chi connectivity index (χ4v) is 5.51. The van der Waals surface area contributed by atoms with Crippen LogP contribution in [0.25, 0.3) is 5.69 Å². The number of hydrogen-bond donors (Lipinski definition) is 0. The summed E-state index contributed by atoms with van der Waals surface area (Å²) < 4.78 is 9.02. The molecule has 0 aliphatic carbocycles. The highest BCUT2D eigenvalue weighted by atomic mass is 79.9. The minimum absolute atomic E-state index is 0.0355. The van der Waals surface area contributed by atoms with Gasteiger partial charge in [0.05, 0.1) is 23.5 Å². The summed E-state index contributed by atoms with van der Waals surface area (Å²) in [6.45, 7) is 5.87. The molecule has 0 radical (unpaired) electrons. The average Bonchev–Trinajstić information content (AvgIpc) is 3.11. The predicted octanol–water partition coefficient (Wildman–Crippen LogP) is 5.40. The number of pyridine rings is 1. The van der Waals surface area contributed by atoms with Gasteiger partial charge in [0.15, 0.2) is 12.4 Å². The van der Waals surface area contributed by atoms with Crippen molar-refractivity contribution in [2.24, 2.45) is 0 Å². The Bertz CT molecular complexity index is 1050.